The summed E-state index contributed by atoms with van der Waals surface area (Å²) in [7, 11) is 1.61. The molecule has 0 heterocycles. The fraction of sp³-hybridized carbons (Fsp3) is 0.857. The van der Waals surface area contributed by atoms with Crippen LogP contribution in [0.3, 0.4) is 0 Å². The number of hydrogen-bond acceptors (Lipinski definition) is 4. The predicted octanol–water partition coefficient (Wildman–Crippen LogP) is 0.994. The summed E-state index contributed by atoms with van der Waals surface area (Å²) in [6.07, 6.45) is 2.13. The van der Waals surface area contributed by atoms with E-state index in [9.17, 15) is 9.59 Å². The monoisotopic (exact) mass is 288 g/mol. The maximum Gasteiger partial charge on any atom is 0.303 e. The van der Waals surface area contributed by atoms with Crippen LogP contribution in [0.1, 0.15) is 39.5 Å². The predicted molar refractivity (Wildman–Crippen MR) is 77.3 cm³/mol. The number of ether oxygens (including phenoxy) is 1. The molecule has 0 saturated carbocycles. The zero-order valence-electron chi connectivity index (χ0n) is 12.7. The lowest BCUT2D eigenvalue weighted by Gasteiger charge is -2.19. The molecule has 6 nitrogen and oxygen atoms in total. The minimum Gasteiger partial charge on any atom is -0.481 e. The molecular weight excluding hydrogens is 260 g/mol. The van der Waals surface area contributed by atoms with Gasteiger partial charge in [0.1, 0.15) is 0 Å². The van der Waals surface area contributed by atoms with Crippen molar-refractivity contribution in [2.45, 2.75) is 45.6 Å². The summed E-state index contributed by atoms with van der Waals surface area (Å²) >= 11 is 0. The third-order valence-electron chi connectivity index (χ3n) is 3.03. The molecule has 0 aromatic rings. The third kappa shape index (κ3) is 9.75. The van der Waals surface area contributed by atoms with E-state index in [1.165, 1.54) is 0 Å². The first-order chi connectivity index (χ1) is 9.36. The van der Waals surface area contributed by atoms with Crippen LogP contribution in [0.25, 0.3) is 0 Å². The van der Waals surface area contributed by atoms with Gasteiger partial charge in [-0.15, -0.1) is 0 Å². The molecule has 0 fully saturated rings. The first-order valence-corrected chi connectivity index (χ1v) is 7.10. The first-order valence-electron chi connectivity index (χ1n) is 7.10. The van der Waals surface area contributed by atoms with Gasteiger partial charge in [-0.3, -0.25) is 9.59 Å². The highest BCUT2D eigenvalue weighted by molar-refractivity contribution is 5.81. The molecule has 0 aliphatic rings. The van der Waals surface area contributed by atoms with Crippen LogP contribution in [-0.2, 0) is 14.3 Å². The van der Waals surface area contributed by atoms with Crippen molar-refractivity contribution in [2.75, 3.05) is 20.3 Å². The molecule has 6 heteroatoms. The van der Waals surface area contributed by atoms with Crippen molar-refractivity contribution in [1.29, 1.82) is 0 Å². The molecule has 0 bridgehead atoms. The van der Waals surface area contributed by atoms with Crippen LogP contribution < -0.4 is 11.1 Å². The lowest BCUT2D eigenvalue weighted by molar-refractivity contribution is -0.138. The molecule has 2 atom stereocenters. The lowest BCUT2D eigenvalue weighted by Crippen LogP contribution is -2.42. The number of carboxylic acids is 1. The van der Waals surface area contributed by atoms with Crippen molar-refractivity contribution in [3.8, 4) is 0 Å². The van der Waals surface area contributed by atoms with E-state index in [1.807, 2.05) is 13.8 Å². The van der Waals surface area contributed by atoms with Gasteiger partial charge in [0, 0.05) is 26.7 Å². The zero-order chi connectivity index (χ0) is 15.5. The van der Waals surface area contributed by atoms with Crippen LogP contribution in [0.4, 0.5) is 0 Å². The molecule has 0 spiro atoms. The lowest BCUT2D eigenvalue weighted by atomic mass is 9.94. The highest BCUT2D eigenvalue weighted by atomic mass is 16.5. The Balaban J connectivity index is 4.11. The van der Waals surface area contributed by atoms with Gasteiger partial charge >= 0.3 is 5.97 Å². The molecule has 0 aliphatic heterocycles. The Labute approximate surface area is 121 Å². The van der Waals surface area contributed by atoms with Gasteiger partial charge in [0.25, 0.3) is 0 Å². The van der Waals surface area contributed by atoms with E-state index in [1.54, 1.807) is 7.11 Å². The van der Waals surface area contributed by atoms with Gasteiger partial charge < -0.3 is 20.9 Å². The Kier molecular flexibility index (Phi) is 10.0. The van der Waals surface area contributed by atoms with Gasteiger partial charge in [0.05, 0.1) is 6.04 Å². The van der Waals surface area contributed by atoms with Crippen LogP contribution in [0, 0.1) is 11.8 Å². The zero-order valence-corrected chi connectivity index (χ0v) is 12.7. The minimum atomic E-state index is -0.839. The highest BCUT2D eigenvalue weighted by Crippen LogP contribution is 2.14. The number of nitrogens with two attached hydrogens (primary N) is 1. The fourth-order valence-electron chi connectivity index (χ4n) is 2.11. The van der Waals surface area contributed by atoms with Crippen molar-refractivity contribution in [1.82, 2.24) is 5.32 Å². The minimum absolute atomic E-state index is 0.0531. The molecule has 118 valence electrons. The number of nitrogens with one attached hydrogen (secondary N) is 1. The van der Waals surface area contributed by atoms with Crippen molar-refractivity contribution in [3.05, 3.63) is 0 Å². The first kappa shape index (κ1) is 18.9. The Bertz CT molecular complexity index is 295. The number of amides is 1. The van der Waals surface area contributed by atoms with Crippen LogP contribution in [-0.4, -0.2) is 43.3 Å². The summed E-state index contributed by atoms with van der Waals surface area (Å²) < 4.78 is 4.91. The smallest absolute Gasteiger partial charge is 0.303 e. The fourth-order valence-corrected chi connectivity index (χ4v) is 2.11. The van der Waals surface area contributed by atoms with Gasteiger partial charge in [-0.05, 0) is 31.1 Å². The molecule has 0 aliphatic carbocycles. The Morgan fingerprint density at radius 1 is 1.35 bits per heavy atom. The van der Waals surface area contributed by atoms with Crippen LogP contribution >= 0.6 is 0 Å². The van der Waals surface area contributed by atoms with Crippen LogP contribution in [0.2, 0.25) is 0 Å². The number of aliphatic carboxylic acids is 1. The quantitative estimate of drug-likeness (QED) is 0.492. The Morgan fingerprint density at radius 3 is 2.50 bits per heavy atom. The molecule has 2 unspecified atom stereocenters. The molecule has 0 radical (unpaired) electrons. The third-order valence-corrected chi connectivity index (χ3v) is 3.03. The van der Waals surface area contributed by atoms with Gasteiger partial charge in [-0.25, -0.2) is 0 Å². The van der Waals surface area contributed by atoms with Gasteiger partial charge in [-0.2, -0.15) is 0 Å². The van der Waals surface area contributed by atoms with E-state index in [0.717, 1.165) is 12.8 Å². The molecule has 0 rings (SSSR count). The van der Waals surface area contributed by atoms with E-state index in [-0.39, 0.29) is 18.2 Å². The van der Waals surface area contributed by atoms with Crippen molar-refractivity contribution >= 4 is 11.9 Å². The average Bonchev–Trinajstić information content (AvgIpc) is 2.34. The molecule has 0 aromatic heterocycles. The summed E-state index contributed by atoms with van der Waals surface area (Å²) in [5.74, 6) is -0.719. The van der Waals surface area contributed by atoms with Crippen molar-refractivity contribution in [3.63, 3.8) is 0 Å². The van der Waals surface area contributed by atoms with Gasteiger partial charge in [0.15, 0.2) is 0 Å². The molecule has 1 amide bonds. The van der Waals surface area contributed by atoms with Crippen molar-refractivity contribution < 1.29 is 19.4 Å². The second-order valence-electron chi connectivity index (χ2n) is 5.58. The Morgan fingerprint density at radius 2 is 2.00 bits per heavy atom. The summed E-state index contributed by atoms with van der Waals surface area (Å²) in [6, 6.07) is -0.560. The summed E-state index contributed by atoms with van der Waals surface area (Å²) in [5, 5.41) is 11.6. The molecule has 0 saturated heterocycles. The van der Waals surface area contributed by atoms with E-state index in [4.69, 9.17) is 15.6 Å². The summed E-state index contributed by atoms with van der Waals surface area (Å²) in [5.41, 5.74) is 5.76. The van der Waals surface area contributed by atoms with E-state index in [0.29, 0.717) is 25.5 Å². The largest absolute Gasteiger partial charge is 0.481 e. The molecular formula is C14H28N2O4. The number of carboxylic acid groups (broad SMARTS) is 1. The van der Waals surface area contributed by atoms with E-state index >= 15 is 0 Å². The number of methoxy groups -OCH3 is 1. The number of rotatable bonds is 11. The number of hydrogen-bond donors (Lipinski definition) is 3. The van der Waals surface area contributed by atoms with E-state index in [2.05, 4.69) is 5.32 Å². The maximum absolute atomic E-state index is 11.8. The van der Waals surface area contributed by atoms with Crippen LogP contribution in [0.5, 0.6) is 0 Å². The Hall–Kier alpha value is -1.14. The van der Waals surface area contributed by atoms with Crippen molar-refractivity contribution in [2.24, 2.45) is 17.6 Å². The average molecular weight is 288 g/mol. The normalized spacial score (nSPS) is 14.1. The number of carbonyl (C=O) groups excluding carboxylic acids is 1. The van der Waals surface area contributed by atoms with Gasteiger partial charge in [-0.1, -0.05) is 13.8 Å². The SMILES string of the molecule is COCCCC(N)C(=O)NCC(CC(=O)O)CC(C)C. The second-order valence-corrected chi connectivity index (χ2v) is 5.58. The van der Waals surface area contributed by atoms with Crippen LogP contribution in [0.15, 0.2) is 0 Å². The van der Waals surface area contributed by atoms with Gasteiger partial charge in [0.2, 0.25) is 5.91 Å². The van der Waals surface area contributed by atoms with E-state index < -0.39 is 12.0 Å². The number of carbonyl (C=O) groups is 2. The molecule has 0 aromatic carbocycles. The summed E-state index contributed by atoms with van der Waals surface area (Å²) in [4.78, 5) is 22.6. The standard InChI is InChI=1S/C14H28N2O4/c1-10(2)7-11(8-13(17)18)9-16-14(19)12(15)5-4-6-20-3/h10-12H,4-9,15H2,1-3H3,(H,16,19)(H,17,18). The molecule has 20 heavy (non-hydrogen) atoms. The topological polar surface area (TPSA) is 102 Å². The highest BCUT2D eigenvalue weighted by Gasteiger charge is 2.18. The molecule has 4 N–H and O–H groups in total. The second kappa shape index (κ2) is 10.6. The summed E-state index contributed by atoms with van der Waals surface area (Å²) in [6.45, 7) is 5.01. The maximum atomic E-state index is 11.8.